The fraction of sp³-hybridized carbons (Fsp3) is 0.0870. The Bertz CT molecular complexity index is 1400. The van der Waals surface area contributed by atoms with Gasteiger partial charge in [0, 0.05) is 5.69 Å². The van der Waals surface area contributed by atoms with Crippen LogP contribution in [-0.4, -0.2) is 24.3 Å². The fourth-order valence-corrected chi connectivity index (χ4v) is 4.20. The topological polar surface area (TPSA) is 127 Å². The van der Waals surface area contributed by atoms with Gasteiger partial charge in [0.2, 0.25) is 5.91 Å². The average molecular weight is 448 g/mol. The highest BCUT2D eigenvalue weighted by atomic mass is 32.2. The number of fused-ring (bicyclic) bond motifs is 1. The predicted molar refractivity (Wildman–Crippen MR) is 124 cm³/mol. The minimum Gasteiger partial charge on any atom is -0.369 e. The summed E-state index contributed by atoms with van der Waals surface area (Å²) < 4.78 is 28.6. The number of amides is 1. The smallest absolute Gasteiger partial charge is 0.263 e. The van der Waals surface area contributed by atoms with Crippen molar-refractivity contribution in [2.45, 2.75) is 18.2 Å². The SMILES string of the molecule is Cc1cccc(Nc2nc3ccccc3nc2NS(=O)(=O)c2ccc(CC(N)=O)cc2)c1. The third-order valence-electron chi connectivity index (χ3n) is 4.69. The second-order valence-corrected chi connectivity index (χ2v) is 8.98. The van der Waals surface area contributed by atoms with E-state index in [1.165, 1.54) is 12.1 Å². The van der Waals surface area contributed by atoms with Gasteiger partial charge in [-0.25, -0.2) is 18.4 Å². The molecule has 0 aliphatic heterocycles. The van der Waals surface area contributed by atoms with Crippen molar-refractivity contribution in [2.75, 3.05) is 10.0 Å². The lowest BCUT2D eigenvalue weighted by atomic mass is 10.1. The molecular formula is C23H21N5O3S. The van der Waals surface area contributed by atoms with Gasteiger partial charge in [-0.3, -0.25) is 9.52 Å². The molecule has 0 unspecified atom stereocenters. The Labute approximate surface area is 185 Å². The second-order valence-electron chi connectivity index (χ2n) is 7.30. The van der Waals surface area contributed by atoms with Gasteiger partial charge >= 0.3 is 0 Å². The molecule has 3 aromatic carbocycles. The van der Waals surface area contributed by atoms with E-state index in [9.17, 15) is 13.2 Å². The van der Waals surface area contributed by atoms with E-state index in [1.54, 1.807) is 30.3 Å². The number of carbonyl (C=O) groups excluding carboxylic acids is 1. The molecule has 1 aromatic heterocycles. The van der Waals surface area contributed by atoms with E-state index in [0.29, 0.717) is 16.6 Å². The van der Waals surface area contributed by atoms with E-state index < -0.39 is 15.9 Å². The van der Waals surface area contributed by atoms with Crippen molar-refractivity contribution >= 4 is 44.3 Å². The van der Waals surface area contributed by atoms with Gasteiger partial charge in [0.1, 0.15) is 0 Å². The molecule has 9 heteroatoms. The quantitative estimate of drug-likeness (QED) is 0.398. The number of nitrogens with two attached hydrogens (primary N) is 1. The summed E-state index contributed by atoms with van der Waals surface area (Å²) in [5.41, 5.74) is 8.80. The number of benzene rings is 3. The van der Waals surface area contributed by atoms with Gasteiger partial charge in [-0.1, -0.05) is 36.4 Å². The van der Waals surface area contributed by atoms with Gasteiger partial charge in [0.05, 0.1) is 22.3 Å². The molecule has 1 amide bonds. The first kappa shape index (κ1) is 21.3. The van der Waals surface area contributed by atoms with Crippen molar-refractivity contribution in [3.05, 3.63) is 83.9 Å². The van der Waals surface area contributed by atoms with Crippen molar-refractivity contribution in [1.29, 1.82) is 0 Å². The Morgan fingerprint density at radius 1 is 0.906 bits per heavy atom. The molecule has 0 atom stereocenters. The maximum atomic E-state index is 13.0. The molecule has 0 radical (unpaired) electrons. The van der Waals surface area contributed by atoms with Crippen LogP contribution in [0, 0.1) is 6.92 Å². The first-order chi connectivity index (χ1) is 15.3. The van der Waals surface area contributed by atoms with Crippen molar-refractivity contribution in [1.82, 2.24) is 9.97 Å². The van der Waals surface area contributed by atoms with Crippen LogP contribution in [-0.2, 0) is 21.2 Å². The number of nitrogens with zero attached hydrogens (tertiary/aromatic N) is 2. The third kappa shape index (κ3) is 4.84. The molecule has 8 nitrogen and oxygen atoms in total. The Morgan fingerprint density at radius 2 is 1.56 bits per heavy atom. The lowest BCUT2D eigenvalue weighted by Crippen LogP contribution is -2.16. The molecule has 4 rings (SSSR count). The Hall–Kier alpha value is -3.98. The zero-order chi connectivity index (χ0) is 22.7. The van der Waals surface area contributed by atoms with Gasteiger partial charge in [-0.05, 0) is 54.4 Å². The summed E-state index contributed by atoms with van der Waals surface area (Å²) in [5.74, 6) is -0.133. The summed E-state index contributed by atoms with van der Waals surface area (Å²) in [6.45, 7) is 1.96. The molecule has 0 bridgehead atoms. The lowest BCUT2D eigenvalue weighted by molar-refractivity contribution is -0.117. The third-order valence-corrected chi connectivity index (χ3v) is 6.05. The zero-order valence-electron chi connectivity index (χ0n) is 17.2. The van der Waals surface area contributed by atoms with E-state index in [2.05, 4.69) is 20.0 Å². The van der Waals surface area contributed by atoms with E-state index in [4.69, 9.17) is 5.73 Å². The van der Waals surface area contributed by atoms with Crippen LogP contribution in [0.3, 0.4) is 0 Å². The molecular weight excluding hydrogens is 426 g/mol. The number of para-hydroxylation sites is 2. The van der Waals surface area contributed by atoms with E-state index >= 15 is 0 Å². The summed E-state index contributed by atoms with van der Waals surface area (Å²) in [4.78, 5) is 20.2. The minimum atomic E-state index is -3.96. The van der Waals surface area contributed by atoms with Crippen LogP contribution in [0.5, 0.6) is 0 Å². The Balaban J connectivity index is 1.71. The number of rotatable bonds is 7. The van der Waals surface area contributed by atoms with Crippen molar-refractivity contribution in [3.63, 3.8) is 0 Å². The molecule has 4 aromatic rings. The standard InChI is InChI=1S/C23H21N5O3S/c1-15-5-4-6-17(13-15)25-22-23(27-20-8-3-2-7-19(20)26-22)28-32(30,31)18-11-9-16(10-12-18)14-21(24)29/h2-13H,14H2,1H3,(H2,24,29)(H,25,26)(H,27,28). The molecule has 0 saturated heterocycles. The highest BCUT2D eigenvalue weighted by Gasteiger charge is 2.19. The van der Waals surface area contributed by atoms with Crippen LogP contribution in [0.25, 0.3) is 11.0 Å². The largest absolute Gasteiger partial charge is 0.369 e. The van der Waals surface area contributed by atoms with Gasteiger partial charge in [-0.15, -0.1) is 0 Å². The molecule has 1 heterocycles. The summed E-state index contributed by atoms with van der Waals surface area (Å²) in [7, 11) is -3.96. The number of hydrogen-bond acceptors (Lipinski definition) is 6. The minimum absolute atomic E-state index is 0.0298. The number of anilines is 3. The fourth-order valence-electron chi connectivity index (χ4n) is 3.19. The van der Waals surface area contributed by atoms with Crippen LogP contribution in [0.15, 0.2) is 77.7 Å². The lowest BCUT2D eigenvalue weighted by Gasteiger charge is -2.14. The highest BCUT2D eigenvalue weighted by Crippen LogP contribution is 2.27. The maximum absolute atomic E-state index is 13.0. The van der Waals surface area contributed by atoms with Crippen LogP contribution in [0.2, 0.25) is 0 Å². The average Bonchev–Trinajstić information content (AvgIpc) is 2.74. The van der Waals surface area contributed by atoms with Crippen LogP contribution >= 0.6 is 0 Å². The normalized spacial score (nSPS) is 11.3. The summed E-state index contributed by atoms with van der Waals surface area (Å²) >= 11 is 0. The van der Waals surface area contributed by atoms with Crippen molar-refractivity contribution in [3.8, 4) is 0 Å². The number of nitrogens with one attached hydrogen (secondary N) is 2. The molecule has 0 aliphatic rings. The van der Waals surface area contributed by atoms with Gasteiger partial charge in [0.15, 0.2) is 11.6 Å². The monoisotopic (exact) mass is 447 g/mol. The first-order valence-corrected chi connectivity index (χ1v) is 11.3. The number of aromatic nitrogens is 2. The molecule has 0 spiro atoms. The summed E-state index contributed by atoms with van der Waals surface area (Å²) in [5, 5.41) is 3.16. The highest BCUT2D eigenvalue weighted by molar-refractivity contribution is 7.92. The molecule has 162 valence electrons. The molecule has 4 N–H and O–H groups in total. The number of aryl methyl sites for hydroxylation is 1. The number of carbonyl (C=O) groups is 1. The van der Waals surface area contributed by atoms with Crippen LogP contribution in [0.1, 0.15) is 11.1 Å². The van der Waals surface area contributed by atoms with E-state index in [-0.39, 0.29) is 23.0 Å². The molecule has 0 fully saturated rings. The van der Waals surface area contributed by atoms with Crippen LogP contribution < -0.4 is 15.8 Å². The van der Waals surface area contributed by atoms with Crippen molar-refractivity contribution in [2.24, 2.45) is 5.73 Å². The van der Waals surface area contributed by atoms with Gasteiger partial charge in [-0.2, -0.15) is 0 Å². The summed E-state index contributed by atoms with van der Waals surface area (Å²) in [6.07, 6.45) is 0.0362. The second kappa shape index (κ2) is 8.64. The predicted octanol–water partition coefficient (Wildman–Crippen LogP) is 3.51. The van der Waals surface area contributed by atoms with Crippen molar-refractivity contribution < 1.29 is 13.2 Å². The number of primary amides is 1. The number of sulfonamides is 1. The zero-order valence-corrected chi connectivity index (χ0v) is 18.1. The molecule has 32 heavy (non-hydrogen) atoms. The van der Waals surface area contributed by atoms with Gasteiger partial charge in [0.25, 0.3) is 10.0 Å². The number of hydrogen-bond donors (Lipinski definition) is 3. The van der Waals surface area contributed by atoms with Gasteiger partial charge < -0.3 is 11.1 Å². The Morgan fingerprint density at radius 3 is 2.19 bits per heavy atom. The summed E-state index contributed by atoms with van der Waals surface area (Å²) in [6, 6.07) is 20.8. The molecule has 0 aliphatic carbocycles. The maximum Gasteiger partial charge on any atom is 0.263 e. The first-order valence-electron chi connectivity index (χ1n) is 9.81. The van der Waals surface area contributed by atoms with Crippen LogP contribution in [0.4, 0.5) is 17.3 Å². The Kier molecular flexibility index (Phi) is 5.74. The van der Waals surface area contributed by atoms with E-state index in [1.807, 2.05) is 37.3 Å². The van der Waals surface area contributed by atoms with E-state index in [0.717, 1.165) is 11.3 Å². The molecule has 0 saturated carbocycles.